The van der Waals surface area contributed by atoms with Crippen molar-refractivity contribution in [1.29, 1.82) is 0 Å². The number of anilines is 1. The largest absolute Gasteiger partial charge is 0.468 e. The molecule has 4 aromatic rings. The molecule has 2 atom stereocenters. The zero-order valence-corrected chi connectivity index (χ0v) is 25.3. The van der Waals surface area contributed by atoms with E-state index in [0.717, 1.165) is 57.6 Å². The number of fused-ring (bicyclic) bond motifs is 5. The maximum Gasteiger partial charge on any atom is 0.319 e. The highest BCUT2D eigenvalue weighted by Gasteiger charge is 2.45. The third-order valence-corrected chi connectivity index (χ3v) is 10.3. The summed E-state index contributed by atoms with van der Waals surface area (Å²) in [4.78, 5) is 15.4. The van der Waals surface area contributed by atoms with E-state index >= 15 is 0 Å². The Morgan fingerprint density at radius 2 is 1.70 bits per heavy atom. The lowest BCUT2D eigenvalue weighted by Gasteiger charge is -2.35. The van der Waals surface area contributed by atoms with Gasteiger partial charge in [0.2, 0.25) is 0 Å². The van der Waals surface area contributed by atoms with E-state index in [1.54, 1.807) is 7.11 Å². The molecule has 4 saturated heterocycles. The van der Waals surface area contributed by atoms with Gasteiger partial charge in [0, 0.05) is 37.7 Å². The van der Waals surface area contributed by atoms with Crippen LogP contribution in [0.2, 0.25) is 0 Å². The molecule has 5 heterocycles. The molecule has 4 fully saturated rings. The molecule has 1 aromatic heterocycles. The van der Waals surface area contributed by atoms with Crippen LogP contribution >= 0.6 is 0 Å². The van der Waals surface area contributed by atoms with Crippen molar-refractivity contribution >= 4 is 27.5 Å². The SMILES string of the molecule is COCOc1cc(-c2ccc3c(N4CC5CCC(C4)N5)nc(OCC45CCCN4CCC5)nc3c2C)c2ccccc2c1. The number of rotatable bonds is 8. The summed E-state index contributed by atoms with van der Waals surface area (Å²) in [6.07, 6.45) is 7.35. The molecular weight excluding hydrogens is 538 g/mol. The first kappa shape index (κ1) is 27.1. The minimum Gasteiger partial charge on any atom is -0.468 e. The van der Waals surface area contributed by atoms with Crippen LogP contribution in [0.15, 0.2) is 48.5 Å². The predicted octanol–water partition coefficient (Wildman–Crippen LogP) is 5.69. The van der Waals surface area contributed by atoms with Gasteiger partial charge in [0.15, 0.2) is 6.79 Å². The third kappa shape index (κ3) is 4.80. The van der Waals surface area contributed by atoms with Crippen LogP contribution in [0, 0.1) is 6.92 Å². The number of ether oxygens (including phenoxy) is 3. The zero-order chi connectivity index (χ0) is 29.0. The first-order valence-corrected chi connectivity index (χ1v) is 16.0. The van der Waals surface area contributed by atoms with Crippen molar-refractivity contribution in [3.05, 3.63) is 54.1 Å². The summed E-state index contributed by atoms with van der Waals surface area (Å²) in [7, 11) is 1.65. The Morgan fingerprint density at radius 3 is 2.49 bits per heavy atom. The van der Waals surface area contributed by atoms with Gasteiger partial charge in [-0.25, -0.2) is 0 Å². The standard InChI is InChI=1S/C35H41N5O3/c1-23-28(31-18-27(43-22-41-2)17-24-7-3-4-8-29(24)31)11-12-30-32(23)37-34(42-21-35-13-5-15-40(35)16-6-14-35)38-33(30)39-19-25-9-10-26(20-39)36-25/h3-4,7-8,11-12,17-18,25-26,36H,5-6,9-10,13-16,19-22H2,1-2H3. The summed E-state index contributed by atoms with van der Waals surface area (Å²) < 4.78 is 17.7. The van der Waals surface area contributed by atoms with Crippen molar-refractivity contribution in [2.24, 2.45) is 0 Å². The molecule has 0 aliphatic carbocycles. The van der Waals surface area contributed by atoms with E-state index in [2.05, 4.69) is 70.6 Å². The number of methoxy groups -OCH3 is 1. The Labute approximate surface area is 253 Å². The van der Waals surface area contributed by atoms with Crippen molar-refractivity contribution in [2.75, 3.05) is 51.6 Å². The highest BCUT2D eigenvalue weighted by Crippen LogP contribution is 2.41. The first-order chi connectivity index (χ1) is 21.1. The quantitative estimate of drug-likeness (QED) is 0.267. The molecular formula is C35H41N5O3. The molecule has 43 heavy (non-hydrogen) atoms. The average Bonchev–Trinajstić information content (AvgIpc) is 3.72. The fourth-order valence-electron chi connectivity index (χ4n) is 8.24. The van der Waals surface area contributed by atoms with E-state index in [1.165, 1.54) is 57.0 Å². The van der Waals surface area contributed by atoms with Crippen LogP contribution in [0.4, 0.5) is 5.82 Å². The van der Waals surface area contributed by atoms with Crippen LogP contribution in [0.5, 0.6) is 11.8 Å². The van der Waals surface area contributed by atoms with Crippen LogP contribution in [-0.4, -0.2) is 79.2 Å². The second-order valence-corrected chi connectivity index (χ2v) is 13.0. The lowest BCUT2D eigenvalue weighted by Crippen LogP contribution is -2.51. The summed E-state index contributed by atoms with van der Waals surface area (Å²) in [5.41, 5.74) is 4.49. The minimum atomic E-state index is 0.144. The zero-order valence-electron chi connectivity index (χ0n) is 25.3. The number of nitrogens with one attached hydrogen (secondary N) is 1. The van der Waals surface area contributed by atoms with Crippen LogP contribution in [0.3, 0.4) is 0 Å². The van der Waals surface area contributed by atoms with Gasteiger partial charge in [-0.05, 0) is 104 Å². The Kier molecular flexibility index (Phi) is 6.88. The van der Waals surface area contributed by atoms with Gasteiger partial charge in [-0.2, -0.15) is 9.97 Å². The van der Waals surface area contributed by atoms with Gasteiger partial charge < -0.3 is 24.4 Å². The Bertz CT molecular complexity index is 1650. The normalized spacial score (nSPS) is 22.9. The van der Waals surface area contributed by atoms with Gasteiger partial charge >= 0.3 is 6.01 Å². The number of hydrogen-bond acceptors (Lipinski definition) is 8. The fraction of sp³-hybridized carbons (Fsp3) is 0.486. The lowest BCUT2D eigenvalue weighted by molar-refractivity contribution is 0.0512. The maximum atomic E-state index is 6.60. The molecule has 1 N–H and O–H groups in total. The summed E-state index contributed by atoms with van der Waals surface area (Å²) in [6, 6.07) is 18.7. The van der Waals surface area contributed by atoms with Crippen molar-refractivity contribution in [2.45, 2.75) is 63.1 Å². The van der Waals surface area contributed by atoms with Gasteiger partial charge in [-0.1, -0.05) is 30.3 Å². The molecule has 3 aromatic carbocycles. The first-order valence-electron chi connectivity index (χ1n) is 16.0. The summed E-state index contributed by atoms with van der Waals surface area (Å²) in [5.74, 6) is 1.79. The number of hydrogen-bond donors (Lipinski definition) is 1. The van der Waals surface area contributed by atoms with Crippen molar-refractivity contribution < 1.29 is 14.2 Å². The number of aryl methyl sites for hydroxylation is 1. The molecule has 224 valence electrons. The van der Waals surface area contributed by atoms with E-state index in [0.29, 0.717) is 24.7 Å². The third-order valence-electron chi connectivity index (χ3n) is 10.3. The van der Waals surface area contributed by atoms with Crippen molar-refractivity contribution in [3.8, 4) is 22.9 Å². The monoisotopic (exact) mass is 579 g/mol. The summed E-state index contributed by atoms with van der Waals surface area (Å²) >= 11 is 0. The Morgan fingerprint density at radius 1 is 0.907 bits per heavy atom. The van der Waals surface area contributed by atoms with E-state index < -0.39 is 0 Å². The van der Waals surface area contributed by atoms with Gasteiger partial charge in [-0.3, -0.25) is 4.90 Å². The molecule has 0 saturated carbocycles. The molecule has 4 aliphatic heterocycles. The van der Waals surface area contributed by atoms with Gasteiger partial charge in [0.05, 0.1) is 11.1 Å². The maximum absolute atomic E-state index is 6.60. The molecule has 0 amide bonds. The van der Waals surface area contributed by atoms with E-state index in [1.807, 2.05) is 0 Å². The molecule has 0 spiro atoms. The lowest BCUT2D eigenvalue weighted by atomic mass is 9.93. The minimum absolute atomic E-state index is 0.144. The summed E-state index contributed by atoms with van der Waals surface area (Å²) in [5, 5.41) is 7.18. The Balaban J connectivity index is 1.24. The van der Waals surface area contributed by atoms with Crippen LogP contribution < -0.4 is 19.7 Å². The van der Waals surface area contributed by atoms with Crippen LogP contribution in [0.25, 0.3) is 32.8 Å². The number of nitrogens with zero attached hydrogens (tertiary/aromatic N) is 4. The number of aromatic nitrogens is 2. The van der Waals surface area contributed by atoms with E-state index in [4.69, 9.17) is 24.2 Å². The molecule has 2 bridgehead atoms. The second kappa shape index (κ2) is 10.9. The summed E-state index contributed by atoms with van der Waals surface area (Å²) in [6.45, 7) is 7.34. The molecule has 8 heteroatoms. The van der Waals surface area contributed by atoms with Crippen LogP contribution in [0.1, 0.15) is 44.1 Å². The molecule has 4 aliphatic rings. The Hall–Kier alpha value is -3.46. The fourth-order valence-corrected chi connectivity index (χ4v) is 8.24. The molecule has 8 nitrogen and oxygen atoms in total. The van der Waals surface area contributed by atoms with E-state index in [9.17, 15) is 0 Å². The topological polar surface area (TPSA) is 72.0 Å². The number of benzene rings is 3. The van der Waals surface area contributed by atoms with Gasteiger partial charge in [-0.15, -0.1) is 0 Å². The molecule has 2 unspecified atom stereocenters. The predicted molar refractivity (Wildman–Crippen MR) is 170 cm³/mol. The van der Waals surface area contributed by atoms with Crippen LogP contribution in [-0.2, 0) is 4.74 Å². The van der Waals surface area contributed by atoms with E-state index in [-0.39, 0.29) is 12.3 Å². The van der Waals surface area contributed by atoms with Crippen molar-refractivity contribution in [1.82, 2.24) is 20.2 Å². The molecule has 0 radical (unpaired) electrons. The van der Waals surface area contributed by atoms with Gasteiger partial charge in [0.1, 0.15) is 18.2 Å². The molecule has 8 rings (SSSR count). The smallest absolute Gasteiger partial charge is 0.319 e. The highest BCUT2D eigenvalue weighted by molar-refractivity contribution is 6.02. The van der Waals surface area contributed by atoms with Crippen molar-refractivity contribution in [3.63, 3.8) is 0 Å². The second-order valence-electron chi connectivity index (χ2n) is 13.0. The average molecular weight is 580 g/mol. The highest BCUT2D eigenvalue weighted by atomic mass is 16.7. The van der Waals surface area contributed by atoms with Gasteiger partial charge in [0.25, 0.3) is 0 Å². The number of piperazine rings is 1.